The van der Waals surface area contributed by atoms with E-state index in [1.54, 1.807) is 12.1 Å². The number of benzene rings is 2. The first-order chi connectivity index (χ1) is 14.0. The molecule has 8 nitrogen and oxygen atoms in total. The van der Waals surface area contributed by atoms with Crippen molar-refractivity contribution in [3.05, 3.63) is 65.7 Å². The molecule has 29 heavy (non-hydrogen) atoms. The number of carbonyl (C=O) groups is 4. The number of hydrogen-bond donors (Lipinski definition) is 2. The molecule has 150 valence electrons. The molecule has 2 aromatic rings. The van der Waals surface area contributed by atoms with Crippen LogP contribution in [0.1, 0.15) is 22.3 Å². The maximum absolute atomic E-state index is 12.5. The van der Waals surface area contributed by atoms with Crippen LogP contribution in [0.5, 0.6) is 0 Å². The Kier molecular flexibility index (Phi) is 6.23. The van der Waals surface area contributed by atoms with Gasteiger partial charge >= 0.3 is 12.0 Å². The smallest absolute Gasteiger partial charge is 0.337 e. The minimum atomic E-state index is -0.896. The number of methoxy groups -OCH3 is 1. The van der Waals surface area contributed by atoms with Crippen LogP contribution >= 0.6 is 0 Å². The molecule has 2 aromatic carbocycles. The molecule has 0 saturated carbocycles. The van der Waals surface area contributed by atoms with E-state index in [0.717, 1.165) is 10.5 Å². The number of imide groups is 1. The number of nitrogens with one attached hydrogen (secondary N) is 2. The van der Waals surface area contributed by atoms with E-state index in [1.165, 1.54) is 19.2 Å². The zero-order valence-electron chi connectivity index (χ0n) is 15.9. The second-order valence-corrected chi connectivity index (χ2v) is 6.55. The number of nitrogens with zero attached hydrogens (tertiary/aromatic N) is 1. The van der Waals surface area contributed by atoms with Crippen LogP contribution < -0.4 is 10.6 Å². The number of anilines is 1. The van der Waals surface area contributed by atoms with Gasteiger partial charge in [0, 0.05) is 12.2 Å². The molecule has 4 amide bonds. The summed E-state index contributed by atoms with van der Waals surface area (Å²) in [7, 11) is 1.29. The topological polar surface area (TPSA) is 105 Å². The highest BCUT2D eigenvalue weighted by Crippen LogP contribution is 2.14. The molecule has 8 heteroatoms. The lowest BCUT2D eigenvalue weighted by molar-refractivity contribution is -0.129. The van der Waals surface area contributed by atoms with Crippen LogP contribution in [0.15, 0.2) is 54.6 Å². The van der Waals surface area contributed by atoms with Crippen LogP contribution in [0.2, 0.25) is 0 Å². The van der Waals surface area contributed by atoms with E-state index in [-0.39, 0.29) is 13.0 Å². The quantitative estimate of drug-likeness (QED) is 0.551. The minimum absolute atomic E-state index is 0.175. The van der Waals surface area contributed by atoms with Gasteiger partial charge in [-0.05, 0) is 36.2 Å². The summed E-state index contributed by atoms with van der Waals surface area (Å²) in [6.45, 7) is 0.252. The van der Waals surface area contributed by atoms with Crippen molar-refractivity contribution in [2.45, 2.75) is 18.9 Å². The molecule has 0 radical (unpaired) electrons. The van der Waals surface area contributed by atoms with Crippen molar-refractivity contribution >= 4 is 29.5 Å². The number of hydrogen-bond acceptors (Lipinski definition) is 5. The normalized spacial score (nSPS) is 15.8. The van der Waals surface area contributed by atoms with Gasteiger partial charge in [0.25, 0.3) is 5.91 Å². The Bertz CT molecular complexity index is 912. The van der Waals surface area contributed by atoms with Gasteiger partial charge in [-0.3, -0.25) is 14.5 Å². The van der Waals surface area contributed by atoms with Crippen molar-refractivity contribution < 1.29 is 23.9 Å². The van der Waals surface area contributed by atoms with Crippen LogP contribution in [0.3, 0.4) is 0 Å². The first kappa shape index (κ1) is 20.1. The number of amides is 4. The summed E-state index contributed by atoms with van der Waals surface area (Å²) in [5, 5.41) is 5.20. The van der Waals surface area contributed by atoms with Crippen molar-refractivity contribution in [3.8, 4) is 0 Å². The highest BCUT2D eigenvalue weighted by molar-refractivity contribution is 6.07. The van der Waals surface area contributed by atoms with Gasteiger partial charge in [-0.1, -0.05) is 30.3 Å². The summed E-state index contributed by atoms with van der Waals surface area (Å²) in [6.07, 6.45) is 0.372. The molecule has 1 fully saturated rings. The lowest BCUT2D eigenvalue weighted by Crippen LogP contribution is -2.34. The lowest BCUT2D eigenvalue weighted by Gasteiger charge is -2.13. The van der Waals surface area contributed by atoms with Crippen molar-refractivity contribution in [2.75, 3.05) is 19.0 Å². The number of rotatable bonds is 7. The lowest BCUT2D eigenvalue weighted by atomic mass is 10.1. The van der Waals surface area contributed by atoms with Gasteiger partial charge in [0.15, 0.2) is 0 Å². The van der Waals surface area contributed by atoms with E-state index in [4.69, 9.17) is 0 Å². The Labute approximate surface area is 167 Å². The largest absolute Gasteiger partial charge is 0.465 e. The summed E-state index contributed by atoms with van der Waals surface area (Å²) in [5.74, 6) is -1.31. The molecule has 1 atom stereocenters. The first-order valence-corrected chi connectivity index (χ1v) is 9.12. The Hall–Kier alpha value is -3.68. The fourth-order valence-electron chi connectivity index (χ4n) is 3.02. The molecule has 0 unspecified atom stereocenters. The summed E-state index contributed by atoms with van der Waals surface area (Å²) in [5.41, 5.74) is 1.85. The van der Waals surface area contributed by atoms with E-state index in [9.17, 15) is 19.2 Å². The van der Waals surface area contributed by atoms with Gasteiger partial charge in [-0.15, -0.1) is 0 Å². The summed E-state index contributed by atoms with van der Waals surface area (Å²) in [4.78, 5) is 49.4. The molecule has 1 saturated heterocycles. The summed E-state index contributed by atoms with van der Waals surface area (Å²) in [6, 6.07) is 14.3. The first-order valence-electron chi connectivity index (χ1n) is 9.12. The molecule has 3 rings (SSSR count). The van der Waals surface area contributed by atoms with Crippen molar-refractivity contribution in [3.63, 3.8) is 0 Å². The van der Waals surface area contributed by atoms with Gasteiger partial charge in [-0.2, -0.15) is 0 Å². The van der Waals surface area contributed by atoms with Crippen LogP contribution in [-0.4, -0.2) is 48.4 Å². The standard InChI is InChI=1S/C21H21N3O5/c1-29-20(27)15-7-9-16(10-8-15)22-18(25)13-17-19(26)24(21(28)23-17)12-11-14-5-3-2-4-6-14/h2-10,17H,11-13H2,1H3,(H,22,25)(H,23,28)/t17-/m0/s1. The van der Waals surface area contributed by atoms with Gasteiger partial charge in [0.05, 0.1) is 19.1 Å². The van der Waals surface area contributed by atoms with Crippen LogP contribution in [0, 0.1) is 0 Å². The zero-order valence-corrected chi connectivity index (χ0v) is 15.9. The average Bonchev–Trinajstić information content (AvgIpc) is 2.99. The molecule has 1 aliphatic rings. The third-order valence-electron chi connectivity index (χ3n) is 4.55. The van der Waals surface area contributed by atoms with Crippen molar-refractivity contribution in [1.82, 2.24) is 10.2 Å². The van der Waals surface area contributed by atoms with Crippen LogP contribution in [0.4, 0.5) is 10.5 Å². The van der Waals surface area contributed by atoms with Gasteiger partial charge in [0.1, 0.15) is 6.04 Å². The number of ether oxygens (including phenoxy) is 1. The molecule has 1 heterocycles. The van der Waals surface area contributed by atoms with Crippen LogP contribution in [0.25, 0.3) is 0 Å². The molecule has 2 N–H and O–H groups in total. The van der Waals surface area contributed by atoms with E-state index in [1.807, 2.05) is 30.3 Å². The van der Waals surface area contributed by atoms with Crippen LogP contribution in [-0.2, 0) is 20.7 Å². The third-order valence-corrected chi connectivity index (χ3v) is 4.55. The maximum atomic E-state index is 12.5. The maximum Gasteiger partial charge on any atom is 0.337 e. The predicted octanol–water partition coefficient (Wildman–Crippen LogP) is 1.96. The molecule has 0 bridgehead atoms. The highest BCUT2D eigenvalue weighted by Gasteiger charge is 2.38. The second-order valence-electron chi connectivity index (χ2n) is 6.55. The average molecular weight is 395 g/mol. The molecule has 1 aliphatic heterocycles. The number of urea groups is 1. The van der Waals surface area contributed by atoms with Gasteiger partial charge < -0.3 is 15.4 Å². The predicted molar refractivity (Wildman–Crippen MR) is 105 cm³/mol. The number of carbonyl (C=O) groups excluding carboxylic acids is 4. The van der Waals surface area contributed by atoms with Crippen molar-refractivity contribution in [2.24, 2.45) is 0 Å². The monoisotopic (exact) mass is 395 g/mol. The fraction of sp³-hybridized carbons (Fsp3) is 0.238. The molecule has 0 aromatic heterocycles. The second kappa shape index (κ2) is 9.01. The Morgan fingerprint density at radius 1 is 1.07 bits per heavy atom. The van der Waals surface area contributed by atoms with E-state index >= 15 is 0 Å². The molecule has 0 aliphatic carbocycles. The third kappa shape index (κ3) is 4.98. The number of esters is 1. The zero-order chi connectivity index (χ0) is 20.8. The van der Waals surface area contributed by atoms with Gasteiger partial charge in [-0.25, -0.2) is 9.59 Å². The fourth-order valence-corrected chi connectivity index (χ4v) is 3.02. The van der Waals surface area contributed by atoms with Crippen molar-refractivity contribution in [1.29, 1.82) is 0 Å². The minimum Gasteiger partial charge on any atom is -0.465 e. The highest BCUT2D eigenvalue weighted by atomic mass is 16.5. The Morgan fingerprint density at radius 3 is 2.41 bits per heavy atom. The van der Waals surface area contributed by atoms with Gasteiger partial charge in [0.2, 0.25) is 5.91 Å². The molecular weight excluding hydrogens is 374 g/mol. The van der Waals surface area contributed by atoms with E-state index in [0.29, 0.717) is 17.7 Å². The van der Waals surface area contributed by atoms with E-state index in [2.05, 4.69) is 15.4 Å². The SMILES string of the molecule is COC(=O)c1ccc(NC(=O)C[C@@H]2NC(=O)N(CCc3ccccc3)C2=O)cc1. The molecule has 0 spiro atoms. The molecular formula is C21H21N3O5. The Balaban J connectivity index is 1.53. The summed E-state index contributed by atoms with van der Waals surface area (Å²) < 4.78 is 4.62. The summed E-state index contributed by atoms with van der Waals surface area (Å²) >= 11 is 0. The van der Waals surface area contributed by atoms with E-state index < -0.39 is 29.9 Å². The Morgan fingerprint density at radius 2 is 1.76 bits per heavy atom.